The second-order valence-corrected chi connectivity index (χ2v) is 6.45. The molecule has 0 spiro atoms. The molecule has 1 unspecified atom stereocenters. The van der Waals surface area contributed by atoms with Gasteiger partial charge in [0, 0.05) is 24.6 Å². The predicted octanol–water partition coefficient (Wildman–Crippen LogP) is 2.69. The highest BCUT2D eigenvalue weighted by Crippen LogP contribution is 2.37. The molecular formula is C17H25NO. The summed E-state index contributed by atoms with van der Waals surface area (Å²) < 4.78 is 0. The lowest BCUT2D eigenvalue weighted by Crippen LogP contribution is -2.42. The molecule has 0 saturated heterocycles. The number of hydrogen-bond acceptors (Lipinski definition) is 2. The first kappa shape index (κ1) is 13.1. The van der Waals surface area contributed by atoms with Crippen LogP contribution in [0, 0.1) is 5.41 Å². The van der Waals surface area contributed by atoms with Crippen LogP contribution >= 0.6 is 0 Å². The normalized spacial score (nSPS) is 25.2. The van der Waals surface area contributed by atoms with Gasteiger partial charge in [0.1, 0.15) is 0 Å². The number of nitrogens with one attached hydrogen (secondary N) is 1. The van der Waals surface area contributed by atoms with Gasteiger partial charge in [-0.3, -0.25) is 0 Å². The van der Waals surface area contributed by atoms with Crippen LogP contribution in [0.1, 0.15) is 43.2 Å². The Hall–Kier alpha value is -0.860. The van der Waals surface area contributed by atoms with Gasteiger partial charge in [-0.05, 0) is 43.2 Å². The maximum Gasteiger partial charge on any atom is 0.0499 e. The second kappa shape index (κ2) is 5.64. The Morgan fingerprint density at radius 3 is 2.63 bits per heavy atom. The average Bonchev–Trinajstić information content (AvgIpc) is 2.94. The molecule has 2 heteroatoms. The average molecular weight is 259 g/mol. The van der Waals surface area contributed by atoms with Crippen LogP contribution in [0.5, 0.6) is 0 Å². The molecule has 2 N–H and O–H groups in total. The summed E-state index contributed by atoms with van der Waals surface area (Å²) in [6, 6.07) is 9.41. The number of rotatable bonds is 4. The Bertz CT molecular complexity index is 423. The van der Waals surface area contributed by atoms with E-state index in [0.29, 0.717) is 12.6 Å². The summed E-state index contributed by atoms with van der Waals surface area (Å²) >= 11 is 0. The quantitative estimate of drug-likeness (QED) is 0.871. The molecule has 1 saturated carbocycles. The van der Waals surface area contributed by atoms with E-state index in [0.717, 1.165) is 13.0 Å². The van der Waals surface area contributed by atoms with Crippen molar-refractivity contribution < 1.29 is 5.11 Å². The van der Waals surface area contributed by atoms with Crippen molar-refractivity contribution in [3.8, 4) is 0 Å². The van der Waals surface area contributed by atoms with Gasteiger partial charge < -0.3 is 10.4 Å². The maximum absolute atomic E-state index is 9.66. The third kappa shape index (κ3) is 2.85. The monoisotopic (exact) mass is 259 g/mol. The molecule has 0 aromatic heterocycles. The van der Waals surface area contributed by atoms with Gasteiger partial charge >= 0.3 is 0 Å². The van der Waals surface area contributed by atoms with E-state index in [2.05, 4.69) is 29.6 Å². The van der Waals surface area contributed by atoms with Crippen LogP contribution in [0.2, 0.25) is 0 Å². The van der Waals surface area contributed by atoms with Crippen LogP contribution < -0.4 is 5.32 Å². The molecule has 19 heavy (non-hydrogen) atoms. The number of benzene rings is 1. The topological polar surface area (TPSA) is 32.3 Å². The van der Waals surface area contributed by atoms with Crippen LogP contribution in [-0.4, -0.2) is 24.3 Å². The van der Waals surface area contributed by atoms with Gasteiger partial charge in [-0.2, -0.15) is 0 Å². The molecule has 1 aromatic carbocycles. The van der Waals surface area contributed by atoms with Gasteiger partial charge in [-0.25, -0.2) is 0 Å². The van der Waals surface area contributed by atoms with Crippen molar-refractivity contribution >= 4 is 0 Å². The van der Waals surface area contributed by atoms with E-state index in [4.69, 9.17) is 0 Å². The smallest absolute Gasteiger partial charge is 0.0499 e. The third-order valence-corrected chi connectivity index (χ3v) is 5.11. The van der Waals surface area contributed by atoms with Crippen molar-refractivity contribution in [2.75, 3.05) is 13.2 Å². The van der Waals surface area contributed by atoms with E-state index in [9.17, 15) is 5.11 Å². The molecular weight excluding hydrogens is 234 g/mol. The lowest BCUT2D eigenvalue weighted by Gasteiger charge is -2.32. The zero-order valence-electron chi connectivity index (χ0n) is 11.7. The highest BCUT2D eigenvalue weighted by Gasteiger charge is 2.33. The largest absolute Gasteiger partial charge is 0.396 e. The number of aliphatic hydroxyl groups is 1. The Kier molecular flexibility index (Phi) is 3.90. The minimum absolute atomic E-state index is 0.178. The summed E-state index contributed by atoms with van der Waals surface area (Å²) in [6.45, 7) is 1.35. The van der Waals surface area contributed by atoms with E-state index in [1.54, 1.807) is 0 Å². The van der Waals surface area contributed by atoms with Crippen molar-refractivity contribution in [2.45, 2.75) is 51.0 Å². The molecule has 0 aliphatic heterocycles. The first-order chi connectivity index (χ1) is 9.31. The van der Waals surface area contributed by atoms with Crippen molar-refractivity contribution in [3.63, 3.8) is 0 Å². The van der Waals surface area contributed by atoms with Crippen molar-refractivity contribution in [1.29, 1.82) is 0 Å². The van der Waals surface area contributed by atoms with Crippen LogP contribution in [-0.2, 0) is 12.8 Å². The van der Waals surface area contributed by atoms with Gasteiger partial charge in [0.15, 0.2) is 0 Å². The van der Waals surface area contributed by atoms with Gasteiger partial charge in [-0.1, -0.05) is 37.1 Å². The Morgan fingerprint density at radius 2 is 1.89 bits per heavy atom. The maximum atomic E-state index is 9.66. The Morgan fingerprint density at radius 1 is 1.16 bits per heavy atom. The summed E-state index contributed by atoms with van der Waals surface area (Å²) in [5.74, 6) is 0. The molecule has 0 heterocycles. The molecule has 1 atom stereocenters. The number of hydrogen-bond donors (Lipinski definition) is 2. The summed E-state index contributed by atoms with van der Waals surface area (Å²) in [6.07, 6.45) is 8.54. The second-order valence-electron chi connectivity index (χ2n) is 6.45. The summed E-state index contributed by atoms with van der Waals surface area (Å²) in [7, 11) is 0. The molecule has 2 aliphatic carbocycles. The molecule has 1 fully saturated rings. The lowest BCUT2D eigenvalue weighted by atomic mass is 9.84. The zero-order valence-corrected chi connectivity index (χ0v) is 11.7. The molecule has 0 bridgehead atoms. The van der Waals surface area contributed by atoms with Crippen LogP contribution in [0.25, 0.3) is 0 Å². The van der Waals surface area contributed by atoms with E-state index < -0.39 is 0 Å². The van der Waals surface area contributed by atoms with E-state index in [1.165, 1.54) is 49.7 Å². The van der Waals surface area contributed by atoms with Crippen LogP contribution in [0.4, 0.5) is 0 Å². The van der Waals surface area contributed by atoms with Crippen LogP contribution in [0.15, 0.2) is 24.3 Å². The first-order valence-electron chi connectivity index (χ1n) is 7.72. The van der Waals surface area contributed by atoms with Gasteiger partial charge in [0.05, 0.1) is 0 Å². The van der Waals surface area contributed by atoms with Crippen molar-refractivity contribution in [1.82, 2.24) is 5.32 Å². The number of aliphatic hydroxyl groups excluding tert-OH is 1. The summed E-state index contributed by atoms with van der Waals surface area (Å²) in [5, 5.41) is 13.4. The molecule has 2 nitrogen and oxygen atoms in total. The van der Waals surface area contributed by atoms with Crippen molar-refractivity contribution in [3.05, 3.63) is 35.4 Å². The SMILES string of the molecule is OCC1(CNC2CCc3ccccc3C2)CCCC1. The van der Waals surface area contributed by atoms with Gasteiger partial charge in [-0.15, -0.1) is 0 Å². The number of aryl methyl sites for hydroxylation is 1. The predicted molar refractivity (Wildman–Crippen MR) is 78.2 cm³/mol. The molecule has 1 aromatic rings. The van der Waals surface area contributed by atoms with E-state index in [1.807, 2.05) is 0 Å². The van der Waals surface area contributed by atoms with E-state index >= 15 is 0 Å². The molecule has 3 rings (SSSR count). The minimum Gasteiger partial charge on any atom is -0.396 e. The van der Waals surface area contributed by atoms with Gasteiger partial charge in [0.25, 0.3) is 0 Å². The fourth-order valence-corrected chi connectivity index (χ4v) is 3.75. The highest BCUT2D eigenvalue weighted by atomic mass is 16.3. The van der Waals surface area contributed by atoms with Crippen molar-refractivity contribution in [2.24, 2.45) is 5.41 Å². The fourth-order valence-electron chi connectivity index (χ4n) is 3.75. The summed E-state index contributed by atoms with van der Waals surface area (Å²) in [5.41, 5.74) is 3.21. The molecule has 104 valence electrons. The third-order valence-electron chi connectivity index (χ3n) is 5.11. The summed E-state index contributed by atoms with van der Waals surface area (Å²) in [4.78, 5) is 0. The standard InChI is InChI=1S/C17H25NO/c19-13-17(9-3-4-10-17)12-18-16-8-7-14-5-1-2-6-15(14)11-16/h1-2,5-6,16,18-19H,3-4,7-13H2. The lowest BCUT2D eigenvalue weighted by molar-refractivity contribution is 0.124. The van der Waals surface area contributed by atoms with Gasteiger partial charge in [0.2, 0.25) is 0 Å². The number of fused-ring (bicyclic) bond motifs is 1. The molecule has 0 amide bonds. The Balaban J connectivity index is 1.57. The fraction of sp³-hybridized carbons (Fsp3) is 0.647. The van der Waals surface area contributed by atoms with Crippen LogP contribution in [0.3, 0.4) is 0 Å². The zero-order chi connectivity index (χ0) is 13.1. The first-order valence-corrected chi connectivity index (χ1v) is 7.72. The minimum atomic E-state index is 0.178. The Labute approximate surface area is 116 Å². The molecule has 0 radical (unpaired) electrons. The van der Waals surface area contributed by atoms with E-state index in [-0.39, 0.29) is 5.41 Å². The highest BCUT2D eigenvalue weighted by molar-refractivity contribution is 5.30. The molecule has 2 aliphatic rings.